The Kier molecular flexibility index (Phi) is 5.62. The van der Waals surface area contributed by atoms with Crippen molar-refractivity contribution in [2.24, 2.45) is 0 Å². The second-order valence-electron chi connectivity index (χ2n) is 6.03. The van der Waals surface area contributed by atoms with Crippen LogP contribution in [0, 0.1) is 6.92 Å². The van der Waals surface area contributed by atoms with E-state index in [0.29, 0.717) is 17.8 Å². The van der Waals surface area contributed by atoms with Crippen LogP contribution in [0.1, 0.15) is 20.1 Å². The minimum absolute atomic E-state index is 0.138. The molecule has 0 unspecified atom stereocenters. The number of thiophene rings is 1. The summed E-state index contributed by atoms with van der Waals surface area (Å²) >= 11 is 1.63. The van der Waals surface area contributed by atoms with Gasteiger partial charge in [0.1, 0.15) is 0 Å². The highest BCUT2D eigenvalue weighted by molar-refractivity contribution is 7.92. The number of carbonyl (C=O) groups excluding carboxylic acids is 1. The zero-order valence-electron chi connectivity index (χ0n) is 15.0. The van der Waals surface area contributed by atoms with Crippen LogP contribution in [0.5, 0.6) is 0 Å². The molecule has 0 saturated heterocycles. The van der Waals surface area contributed by atoms with Crippen molar-refractivity contribution < 1.29 is 13.2 Å². The predicted octanol–water partition coefficient (Wildman–Crippen LogP) is 3.81. The fourth-order valence-electron chi connectivity index (χ4n) is 2.56. The van der Waals surface area contributed by atoms with Crippen LogP contribution in [-0.4, -0.2) is 21.4 Å². The molecular weight excluding hydrogens is 380 g/mol. The number of nitrogens with zero attached hydrogens (tertiary/aromatic N) is 1. The first kappa shape index (κ1) is 19.1. The van der Waals surface area contributed by atoms with E-state index in [2.05, 4.69) is 5.32 Å². The summed E-state index contributed by atoms with van der Waals surface area (Å²) in [5, 5.41) is 2.85. The molecule has 27 heavy (non-hydrogen) atoms. The molecule has 0 radical (unpaired) electrons. The quantitative estimate of drug-likeness (QED) is 0.684. The number of sulfonamides is 1. The smallest absolute Gasteiger partial charge is 0.264 e. The van der Waals surface area contributed by atoms with Gasteiger partial charge >= 0.3 is 0 Å². The number of anilines is 1. The molecule has 0 spiro atoms. The number of hydrogen-bond donors (Lipinski definition) is 1. The number of aryl methyl sites for hydroxylation is 1. The molecular formula is C20H20N2O3S2. The van der Waals surface area contributed by atoms with Gasteiger partial charge in [-0.2, -0.15) is 0 Å². The van der Waals surface area contributed by atoms with Gasteiger partial charge in [0.25, 0.3) is 15.9 Å². The van der Waals surface area contributed by atoms with Crippen LogP contribution in [0.4, 0.5) is 5.69 Å². The van der Waals surface area contributed by atoms with Crippen LogP contribution < -0.4 is 9.62 Å². The molecule has 0 saturated carbocycles. The van der Waals surface area contributed by atoms with E-state index in [4.69, 9.17) is 0 Å². The minimum Gasteiger partial charge on any atom is -0.347 e. The van der Waals surface area contributed by atoms with Gasteiger partial charge in [-0.15, -0.1) is 11.3 Å². The zero-order valence-corrected chi connectivity index (χ0v) is 16.7. The molecule has 2 aromatic carbocycles. The molecule has 1 heterocycles. The molecule has 0 bridgehead atoms. The van der Waals surface area contributed by atoms with Crippen molar-refractivity contribution in [2.45, 2.75) is 18.4 Å². The Balaban J connectivity index is 1.71. The standard InChI is InChI=1S/C20H20N2O3S2/c1-15-8-11-18(26-15)14-21-20(23)16-9-12-19(13-10-16)27(24,25)22(2)17-6-4-3-5-7-17/h3-13H,14H2,1-2H3,(H,21,23). The number of carbonyl (C=O) groups is 1. The number of hydrogen-bond acceptors (Lipinski definition) is 4. The Morgan fingerprint density at radius 1 is 1.00 bits per heavy atom. The van der Waals surface area contributed by atoms with Gasteiger partial charge in [-0.25, -0.2) is 8.42 Å². The Bertz CT molecular complexity index is 1030. The Labute approximate surface area is 163 Å². The molecule has 0 aliphatic rings. The molecule has 0 atom stereocenters. The molecule has 140 valence electrons. The first-order valence-corrected chi connectivity index (χ1v) is 10.6. The molecule has 3 rings (SSSR count). The van der Waals surface area contributed by atoms with E-state index in [0.717, 1.165) is 4.88 Å². The monoisotopic (exact) mass is 400 g/mol. The summed E-state index contributed by atoms with van der Waals surface area (Å²) in [6.07, 6.45) is 0. The third-order valence-electron chi connectivity index (χ3n) is 4.11. The van der Waals surface area contributed by atoms with Crippen molar-refractivity contribution in [1.29, 1.82) is 0 Å². The van der Waals surface area contributed by atoms with Crippen molar-refractivity contribution in [1.82, 2.24) is 5.32 Å². The number of rotatable bonds is 6. The maximum Gasteiger partial charge on any atom is 0.264 e. The lowest BCUT2D eigenvalue weighted by Crippen LogP contribution is -2.26. The van der Waals surface area contributed by atoms with Crippen LogP contribution in [-0.2, 0) is 16.6 Å². The highest BCUT2D eigenvalue weighted by Gasteiger charge is 2.21. The lowest BCUT2D eigenvalue weighted by Gasteiger charge is -2.19. The van der Waals surface area contributed by atoms with E-state index in [1.54, 1.807) is 35.6 Å². The number of benzene rings is 2. The van der Waals surface area contributed by atoms with E-state index in [9.17, 15) is 13.2 Å². The topological polar surface area (TPSA) is 66.5 Å². The number of para-hydroxylation sites is 1. The Hall–Kier alpha value is -2.64. The second-order valence-corrected chi connectivity index (χ2v) is 9.37. The van der Waals surface area contributed by atoms with Gasteiger partial charge in [0.05, 0.1) is 17.1 Å². The molecule has 0 fully saturated rings. The first-order valence-electron chi connectivity index (χ1n) is 8.35. The second kappa shape index (κ2) is 7.94. The van der Waals surface area contributed by atoms with Gasteiger partial charge in [0, 0.05) is 22.4 Å². The molecule has 1 aromatic heterocycles. The largest absolute Gasteiger partial charge is 0.347 e. The van der Waals surface area contributed by atoms with Gasteiger partial charge in [0.2, 0.25) is 0 Å². The van der Waals surface area contributed by atoms with E-state index in [-0.39, 0.29) is 10.8 Å². The first-order chi connectivity index (χ1) is 12.9. The van der Waals surface area contributed by atoms with Gasteiger partial charge in [-0.1, -0.05) is 18.2 Å². The summed E-state index contributed by atoms with van der Waals surface area (Å²) in [5.74, 6) is -0.235. The molecule has 1 N–H and O–H groups in total. The van der Waals surface area contributed by atoms with Crippen LogP contribution in [0.3, 0.4) is 0 Å². The van der Waals surface area contributed by atoms with Crippen molar-refractivity contribution in [2.75, 3.05) is 11.4 Å². The molecule has 0 aliphatic heterocycles. The summed E-state index contributed by atoms with van der Waals surface area (Å²) in [4.78, 5) is 14.7. The minimum atomic E-state index is -3.68. The van der Waals surface area contributed by atoms with Gasteiger partial charge < -0.3 is 5.32 Å². The van der Waals surface area contributed by atoms with Gasteiger partial charge in [0.15, 0.2) is 0 Å². The molecule has 3 aromatic rings. The fourth-order valence-corrected chi connectivity index (χ4v) is 4.59. The summed E-state index contributed by atoms with van der Waals surface area (Å²) in [6.45, 7) is 2.47. The number of nitrogens with one attached hydrogen (secondary N) is 1. The van der Waals surface area contributed by atoms with Crippen molar-refractivity contribution in [3.05, 3.63) is 82.0 Å². The van der Waals surface area contributed by atoms with Crippen LogP contribution in [0.25, 0.3) is 0 Å². The average molecular weight is 401 g/mol. The Morgan fingerprint density at radius 2 is 1.67 bits per heavy atom. The van der Waals surface area contributed by atoms with E-state index < -0.39 is 10.0 Å². The molecule has 0 aliphatic carbocycles. The van der Waals surface area contributed by atoms with Gasteiger partial charge in [-0.05, 0) is 55.5 Å². The highest BCUT2D eigenvalue weighted by atomic mass is 32.2. The van der Waals surface area contributed by atoms with Crippen molar-refractivity contribution in [3.63, 3.8) is 0 Å². The number of amides is 1. The third-order valence-corrected chi connectivity index (χ3v) is 6.91. The molecule has 7 heteroatoms. The van der Waals surface area contributed by atoms with Crippen LogP contribution in [0.15, 0.2) is 71.6 Å². The SMILES string of the molecule is Cc1ccc(CNC(=O)c2ccc(S(=O)(=O)N(C)c3ccccc3)cc2)s1. The van der Waals surface area contributed by atoms with E-state index in [1.807, 2.05) is 25.1 Å². The summed E-state index contributed by atoms with van der Waals surface area (Å²) in [7, 11) is -2.18. The predicted molar refractivity (Wildman–Crippen MR) is 109 cm³/mol. The summed E-state index contributed by atoms with van der Waals surface area (Å²) in [5.41, 5.74) is 0.996. The fraction of sp³-hybridized carbons (Fsp3) is 0.150. The summed E-state index contributed by atoms with van der Waals surface area (Å²) in [6, 6.07) is 18.8. The Morgan fingerprint density at radius 3 is 2.26 bits per heavy atom. The van der Waals surface area contributed by atoms with E-state index >= 15 is 0 Å². The maximum atomic E-state index is 12.8. The molecule has 5 nitrogen and oxygen atoms in total. The average Bonchev–Trinajstić information content (AvgIpc) is 3.11. The van der Waals surface area contributed by atoms with Crippen LogP contribution >= 0.6 is 11.3 Å². The normalized spacial score (nSPS) is 11.2. The van der Waals surface area contributed by atoms with Gasteiger partial charge in [-0.3, -0.25) is 9.10 Å². The lowest BCUT2D eigenvalue weighted by molar-refractivity contribution is 0.0951. The summed E-state index contributed by atoms with van der Waals surface area (Å²) < 4.78 is 26.7. The zero-order chi connectivity index (χ0) is 19.4. The molecule has 1 amide bonds. The lowest BCUT2D eigenvalue weighted by atomic mass is 10.2. The maximum absolute atomic E-state index is 12.8. The van der Waals surface area contributed by atoms with Crippen LogP contribution in [0.2, 0.25) is 0 Å². The van der Waals surface area contributed by atoms with Crippen molar-refractivity contribution in [3.8, 4) is 0 Å². The van der Waals surface area contributed by atoms with E-state index in [1.165, 1.54) is 40.5 Å². The highest BCUT2D eigenvalue weighted by Crippen LogP contribution is 2.22. The van der Waals surface area contributed by atoms with Crippen molar-refractivity contribution >= 4 is 33.0 Å². The third kappa shape index (κ3) is 4.37.